The molecule has 5 heteroatoms. The molecular weight excluding hydrogens is 308 g/mol. The van der Waals surface area contributed by atoms with Gasteiger partial charge in [-0.1, -0.05) is 42.5 Å². The second-order valence-corrected chi connectivity index (χ2v) is 6.34. The predicted molar refractivity (Wildman–Crippen MR) is 91.4 cm³/mol. The summed E-state index contributed by atoms with van der Waals surface area (Å²) in [7, 11) is 0. The summed E-state index contributed by atoms with van der Waals surface area (Å²) in [4.78, 5) is 12.5. The fourth-order valence-electron chi connectivity index (χ4n) is 2.73. The molecule has 1 aliphatic heterocycles. The molecular formula is C19H26O5. The quantitative estimate of drug-likeness (QED) is 0.896. The Labute approximate surface area is 143 Å². The van der Waals surface area contributed by atoms with E-state index in [2.05, 4.69) is 0 Å². The summed E-state index contributed by atoms with van der Waals surface area (Å²) in [6.07, 6.45) is 1.40. The Morgan fingerprint density at radius 2 is 2.00 bits per heavy atom. The lowest BCUT2D eigenvalue weighted by Gasteiger charge is -2.35. The smallest absolute Gasteiger partial charge is 0.172 e. The van der Waals surface area contributed by atoms with E-state index in [0.29, 0.717) is 6.61 Å². The van der Waals surface area contributed by atoms with Gasteiger partial charge in [0.1, 0.15) is 12.2 Å². The zero-order valence-corrected chi connectivity index (χ0v) is 14.5. The van der Waals surface area contributed by atoms with Crippen LogP contribution in [0.4, 0.5) is 0 Å². The fraction of sp³-hybridized carbons (Fsp3) is 0.526. The Morgan fingerprint density at radius 3 is 2.67 bits per heavy atom. The van der Waals surface area contributed by atoms with Gasteiger partial charge in [0.05, 0.1) is 25.7 Å². The van der Waals surface area contributed by atoms with Gasteiger partial charge in [-0.15, -0.1) is 0 Å². The number of ether oxygens (including phenoxy) is 3. The van der Waals surface area contributed by atoms with Crippen LogP contribution >= 0.6 is 0 Å². The Morgan fingerprint density at radius 1 is 1.29 bits per heavy atom. The molecule has 0 unspecified atom stereocenters. The van der Waals surface area contributed by atoms with E-state index in [1.807, 2.05) is 44.2 Å². The van der Waals surface area contributed by atoms with Gasteiger partial charge in [-0.25, -0.2) is 0 Å². The van der Waals surface area contributed by atoms with Gasteiger partial charge in [-0.3, -0.25) is 4.79 Å². The lowest BCUT2D eigenvalue weighted by molar-refractivity contribution is -0.256. The van der Waals surface area contributed by atoms with E-state index in [1.54, 1.807) is 19.1 Å². The van der Waals surface area contributed by atoms with Crippen LogP contribution in [0.1, 0.15) is 32.8 Å². The monoisotopic (exact) mass is 334 g/mol. The first kappa shape index (κ1) is 18.8. The van der Waals surface area contributed by atoms with Gasteiger partial charge in [0, 0.05) is 0 Å². The lowest BCUT2D eigenvalue weighted by atomic mass is 10.0. The molecule has 1 saturated heterocycles. The number of Topliss-reactive ketones (excluding diaryl/α,β-unsaturated/α-hetero) is 1. The number of hydrogen-bond acceptors (Lipinski definition) is 5. The number of benzene rings is 1. The third-order valence-corrected chi connectivity index (χ3v) is 3.68. The molecule has 3 atom stereocenters. The topological polar surface area (TPSA) is 65.0 Å². The molecule has 5 nitrogen and oxygen atoms in total. The summed E-state index contributed by atoms with van der Waals surface area (Å²) in [5.41, 5.74) is 0.950. The molecule has 24 heavy (non-hydrogen) atoms. The molecule has 0 aliphatic carbocycles. The molecule has 1 aromatic carbocycles. The molecule has 1 fully saturated rings. The van der Waals surface area contributed by atoms with E-state index in [1.165, 1.54) is 0 Å². The van der Waals surface area contributed by atoms with Crippen LogP contribution in [0, 0.1) is 0 Å². The molecule has 0 spiro atoms. The minimum atomic E-state index is -1.01. The lowest BCUT2D eigenvalue weighted by Crippen LogP contribution is -2.46. The standard InChI is InChI=1S/C19H26O5/c1-14(2)24-19(3)13-17(21)18(22-11-12-23-19)16(20)10-9-15-7-5-4-6-8-15/h4-10,14,16,18,20H,11-13H2,1-3H3/b10-9+/t16-,18+,19-/m1/s1. The first-order valence-electron chi connectivity index (χ1n) is 8.27. The van der Waals surface area contributed by atoms with Crippen LogP contribution < -0.4 is 0 Å². The maximum atomic E-state index is 12.5. The van der Waals surface area contributed by atoms with Crippen molar-refractivity contribution in [1.82, 2.24) is 0 Å². The summed E-state index contributed by atoms with van der Waals surface area (Å²) < 4.78 is 16.9. The van der Waals surface area contributed by atoms with Gasteiger partial charge in [-0.05, 0) is 26.3 Å². The summed E-state index contributed by atoms with van der Waals surface area (Å²) in [5.74, 6) is -1.22. The number of hydrogen-bond donors (Lipinski definition) is 1. The second-order valence-electron chi connectivity index (χ2n) is 6.34. The zero-order valence-electron chi connectivity index (χ0n) is 14.5. The summed E-state index contributed by atoms with van der Waals surface area (Å²) in [6, 6.07) is 9.59. The van der Waals surface area contributed by atoms with E-state index >= 15 is 0 Å². The molecule has 0 aromatic heterocycles. The summed E-state index contributed by atoms with van der Waals surface area (Å²) in [6.45, 7) is 6.07. The van der Waals surface area contributed by atoms with Crippen molar-refractivity contribution in [1.29, 1.82) is 0 Å². The number of carbonyl (C=O) groups is 1. The molecule has 1 heterocycles. The Balaban J connectivity index is 2.05. The number of aliphatic hydroxyl groups excluding tert-OH is 1. The SMILES string of the molecule is CC(C)O[C@]1(C)CC(=O)[C@H]([C@H](O)/C=C/c2ccccc2)OCCO1. The van der Waals surface area contributed by atoms with Crippen molar-refractivity contribution in [3.05, 3.63) is 42.0 Å². The van der Waals surface area contributed by atoms with Crippen LogP contribution in [-0.2, 0) is 19.0 Å². The largest absolute Gasteiger partial charge is 0.386 e. The minimum absolute atomic E-state index is 0.0338. The Kier molecular flexibility index (Phi) is 6.69. The zero-order chi connectivity index (χ0) is 17.6. The fourth-order valence-corrected chi connectivity index (χ4v) is 2.73. The molecule has 0 bridgehead atoms. The average Bonchev–Trinajstić information content (AvgIpc) is 2.51. The van der Waals surface area contributed by atoms with Crippen LogP contribution in [0.5, 0.6) is 0 Å². The highest BCUT2D eigenvalue weighted by Gasteiger charge is 2.37. The van der Waals surface area contributed by atoms with Gasteiger partial charge < -0.3 is 19.3 Å². The molecule has 1 aliphatic rings. The maximum absolute atomic E-state index is 12.5. The summed E-state index contributed by atoms with van der Waals surface area (Å²) >= 11 is 0. The first-order valence-corrected chi connectivity index (χ1v) is 8.27. The Bertz CT molecular complexity index is 554. The highest BCUT2D eigenvalue weighted by Crippen LogP contribution is 2.24. The molecule has 0 radical (unpaired) electrons. The van der Waals surface area contributed by atoms with Crippen molar-refractivity contribution in [2.45, 2.75) is 51.3 Å². The van der Waals surface area contributed by atoms with Crippen molar-refractivity contribution < 1.29 is 24.1 Å². The molecule has 0 amide bonds. The van der Waals surface area contributed by atoms with Gasteiger partial charge in [-0.2, -0.15) is 0 Å². The van der Waals surface area contributed by atoms with E-state index in [9.17, 15) is 9.90 Å². The molecule has 1 aromatic rings. The van der Waals surface area contributed by atoms with E-state index in [0.717, 1.165) is 5.56 Å². The normalized spacial score (nSPS) is 27.2. The molecule has 2 rings (SSSR count). The Hall–Kier alpha value is -1.53. The molecule has 0 saturated carbocycles. The average molecular weight is 334 g/mol. The van der Waals surface area contributed by atoms with Crippen LogP contribution in [0.25, 0.3) is 6.08 Å². The van der Waals surface area contributed by atoms with E-state index in [-0.39, 0.29) is 24.9 Å². The van der Waals surface area contributed by atoms with Gasteiger partial charge in [0.25, 0.3) is 0 Å². The van der Waals surface area contributed by atoms with Crippen molar-refractivity contribution in [2.24, 2.45) is 0 Å². The highest BCUT2D eigenvalue weighted by molar-refractivity contribution is 5.85. The van der Waals surface area contributed by atoms with Crippen LogP contribution in [0.15, 0.2) is 36.4 Å². The van der Waals surface area contributed by atoms with Crippen molar-refractivity contribution in [2.75, 3.05) is 13.2 Å². The highest BCUT2D eigenvalue weighted by atomic mass is 16.7. The number of carbonyl (C=O) groups excluding carboxylic acids is 1. The van der Waals surface area contributed by atoms with E-state index < -0.39 is 18.0 Å². The first-order chi connectivity index (χ1) is 11.4. The predicted octanol–water partition coefficient (Wildman–Crippen LogP) is 2.58. The van der Waals surface area contributed by atoms with Crippen LogP contribution in [-0.4, -0.2) is 48.2 Å². The third kappa shape index (κ3) is 5.53. The third-order valence-electron chi connectivity index (χ3n) is 3.68. The minimum Gasteiger partial charge on any atom is -0.386 e. The van der Waals surface area contributed by atoms with E-state index in [4.69, 9.17) is 14.2 Å². The van der Waals surface area contributed by atoms with Gasteiger partial charge >= 0.3 is 0 Å². The van der Waals surface area contributed by atoms with Crippen molar-refractivity contribution in [3.8, 4) is 0 Å². The maximum Gasteiger partial charge on any atom is 0.172 e. The molecule has 1 N–H and O–H groups in total. The molecule has 132 valence electrons. The van der Waals surface area contributed by atoms with Crippen molar-refractivity contribution in [3.63, 3.8) is 0 Å². The van der Waals surface area contributed by atoms with Crippen LogP contribution in [0.3, 0.4) is 0 Å². The van der Waals surface area contributed by atoms with Crippen LogP contribution in [0.2, 0.25) is 0 Å². The second kappa shape index (κ2) is 8.53. The summed E-state index contributed by atoms with van der Waals surface area (Å²) in [5, 5.41) is 10.4. The number of rotatable bonds is 5. The van der Waals surface area contributed by atoms with Gasteiger partial charge in [0.2, 0.25) is 0 Å². The van der Waals surface area contributed by atoms with Gasteiger partial charge in [0.15, 0.2) is 11.6 Å². The number of ketones is 1. The van der Waals surface area contributed by atoms with Crippen molar-refractivity contribution >= 4 is 11.9 Å². The number of aliphatic hydroxyl groups is 1.